The van der Waals surface area contributed by atoms with Crippen molar-refractivity contribution in [3.8, 4) is 0 Å². The molecular weight excluding hydrogens is 276 g/mol. The van der Waals surface area contributed by atoms with Gasteiger partial charge in [0, 0.05) is 22.2 Å². The highest BCUT2D eigenvalue weighted by atomic mass is 32.2. The smallest absolute Gasteiger partial charge is 0.261 e. The Kier molecular flexibility index (Phi) is 4.71. The molecule has 2 aromatic rings. The Morgan fingerprint density at radius 3 is 3.00 bits per heavy atom. The molecule has 0 saturated carbocycles. The van der Waals surface area contributed by atoms with Gasteiger partial charge in [-0.05, 0) is 42.3 Å². The SMILES string of the molecule is CCSCC(C)NC(=O)c1cc2cc(N)ccc2s1. The van der Waals surface area contributed by atoms with Crippen molar-refractivity contribution in [3.05, 3.63) is 29.1 Å². The molecule has 102 valence electrons. The van der Waals surface area contributed by atoms with Crippen LogP contribution in [0.15, 0.2) is 24.3 Å². The lowest BCUT2D eigenvalue weighted by Crippen LogP contribution is -2.33. The van der Waals surface area contributed by atoms with Crippen LogP contribution < -0.4 is 11.1 Å². The number of hydrogen-bond acceptors (Lipinski definition) is 4. The van der Waals surface area contributed by atoms with Gasteiger partial charge in [0.2, 0.25) is 0 Å². The molecule has 2 rings (SSSR count). The van der Waals surface area contributed by atoms with Gasteiger partial charge >= 0.3 is 0 Å². The molecule has 0 aliphatic carbocycles. The number of fused-ring (bicyclic) bond motifs is 1. The van der Waals surface area contributed by atoms with Crippen LogP contribution in [0.1, 0.15) is 23.5 Å². The molecule has 19 heavy (non-hydrogen) atoms. The van der Waals surface area contributed by atoms with Crippen molar-refractivity contribution in [1.82, 2.24) is 5.32 Å². The lowest BCUT2D eigenvalue weighted by atomic mass is 10.2. The molecule has 0 radical (unpaired) electrons. The van der Waals surface area contributed by atoms with Crippen molar-refractivity contribution in [3.63, 3.8) is 0 Å². The highest BCUT2D eigenvalue weighted by Gasteiger charge is 2.12. The van der Waals surface area contributed by atoms with Crippen molar-refractivity contribution >= 4 is 44.8 Å². The standard InChI is InChI=1S/C14H18N2OS2/c1-3-18-8-9(2)16-14(17)13-7-10-6-11(15)4-5-12(10)19-13/h4-7,9H,3,8,15H2,1-2H3,(H,16,17). The lowest BCUT2D eigenvalue weighted by Gasteiger charge is -2.11. The Morgan fingerprint density at radius 1 is 1.47 bits per heavy atom. The summed E-state index contributed by atoms with van der Waals surface area (Å²) < 4.78 is 1.09. The number of carbonyl (C=O) groups is 1. The number of amides is 1. The van der Waals surface area contributed by atoms with Gasteiger partial charge in [-0.25, -0.2) is 0 Å². The van der Waals surface area contributed by atoms with E-state index in [-0.39, 0.29) is 11.9 Å². The number of carbonyl (C=O) groups excluding carboxylic acids is 1. The van der Waals surface area contributed by atoms with Crippen LogP contribution in [0.25, 0.3) is 10.1 Å². The summed E-state index contributed by atoms with van der Waals surface area (Å²) in [6.45, 7) is 4.15. The highest BCUT2D eigenvalue weighted by molar-refractivity contribution is 7.99. The third-order valence-corrected chi connectivity index (χ3v) is 4.97. The molecular formula is C14H18N2OS2. The van der Waals surface area contributed by atoms with E-state index < -0.39 is 0 Å². The molecule has 0 fully saturated rings. The van der Waals surface area contributed by atoms with Crippen molar-refractivity contribution in [1.29, 1.82) is 0 Å². The molecule has 0 saturated heterocycles. The molecule has 0 spiro atoms. The van der Waals surface area contributed by atoms with Crippen molar-refractivity contribution in [2.24, 2.45) is 0 Å². The van der Waals surface area contributed by atoms with Gasteiger partial charge in [-0.1, -0.05) is 6.92 Å². The average Bonchev–Trinajstić information content (AvgIpc) is 2.79. The molecule has 1 atom stereocenters. The summed E-state index contributed by atoms with van der Waals surface area (Å²) in [5.74, 6) is 2.02. The molecule has 1 aromatic carbocycles. The molecule has 1 aromatic heterocycles. The normalized spacial score (nSPS) is 12.5. The molecule has 1 amide bonds. The second-order valence-electron chi connectivity index (χ2n) is 4.44. The number of hydrogen-bond donors (Lipinski definition) is 2. The minimum Gasteiger partial charge on any atom is -0.399 e. The first kappa shape index (κ1) is 14.2. The monoisotopic (exact) mass is 294 g/mol. The van der Waals surface area contributed by atoms with E-state index in [2.05, 4.69) is 12.2 Å². The van der Waals surface area contributed by atoms with Gasteiger partial charge in [0.15, 0.2) is 0 Å². The summed E-state index contributed by atoms with van der Waals surface area (Å²) in [6.07, 6.45) is 0. The number of nitrogen functional groups attached to an aromatic ring is 1. The molecule has 0 bridgehead atoms. The molecule has 3 N–H and O–H groups in total. The first-order valence-corrected chi connectivity index (χ1v) is 8.25. The molecule has 1 heterocycles. The Hall–Kier alpha value is -1.20. The zero-order chi connectivity index (χ0) is 13.8. The number of thiophene rings is 1. The van der Waals surface area contributed by atoms with Crippen LogP contribution >= 0.6 is 23.1 Å². The molecule has 1 unspecified atom stereocenters. The minimum absolute atomic E-state index is 0.00368. The third kappa shape index (κ3) is 3.64. The number of anilines is 1. The van der Waals surface area contributed by atoms with E-state index in [1.807, 2.05) is 43.0 Å². The van der Waals surface area contributed by atoms with Crippen molar-refractivity contribution in [2.75, 3.05) is 17.2 Å². The predicted molar refractivity (Wildman–Crippen MR) is 86.2 cm³/mol. The molecule has 3 nitrogen and oxygen atoms in total. The molecule has 0 aliphatic rings. The van der Waals surface area contributed by atoms with Gasteiger partial charge in [0.25, 0.3) is 5.91 Å². The summed E-state index contributed by atoms with van der Waals surface area (Å²) in [7, 11) is 0. The fraction of sp³-hybridized carbons (Fsp3) is 0.357. The van der Waals surface area contributed by atoms with Gasteiger partial charge in [0.05, 0.1) is 4.88 Å². The first-order chi connectivity index (χ1) is 9.10. The van der Waals surface area contributed by atoms with Gasteiger partial charge < -0.3 is 11.1 Å². The van der Waals surface area contributed by atoms with E-state index >= 15 is 0 Å². The van der Waals surface area contributed by atoms with Crippen LogP contribution in [0.3, 0.4) is 0 Å². The zero-order valence-electron chi connectivity index (χ0n) is 11.1. The third-order valence-electron chi connectivity index (χ3n) is 2.71. The number of rotatable bonds is 5. The van der Waals surface area contributed by atoms with E-state index in [0.717, 1.165) is 32.2 Å². The van der Waals surface area contributed by atoms with Crippen LogP contribution in [0, 0.1) is 0 Å². The second kappa shape index (κ2) is 6.30. The van der Waals surface area contributed by atoms with Gasteiger partial charge in [0.1, 0.15) is 0 Å². The summed E-state index contributed by atoms with van der Waals surface area (Å²) in [6, 6.07) is 7.82. The number of thioether (sulfide) groups is 1. The minimum atomic E-state index is 0.00368. The number of nitrogens with two attached hydrogens (primary N) is 1. The van der Waals surface area contributed by atoms with Crippen LogP contribution in [0.4, 0.5) is 5.69 Å². The van der Waals surface area contributed by atoms with Gasteiger partial charge in [-0.3, -0.25) is 4.79 Å². The van der Waals surface area contributed by atoms with Gasteiger partial charge in [-0.2, -0.15) is 11.8 Å². The summed E-state index contributed by atoms with van der Waals surface area (Å²) in [5.41, 5.74) is 6.47. The quantitative estimate of drug-likeness (QED) is 0.831. The largest absolute Gasteiger partial charge is 0.399 e. The predicted octanol–water partition coefficient (Wildman–Crippen LogP) is 3.35. The second-order valence-corrected chi connectivity index (χ2v) is 6.84. The van der Waals surface area contributed by atoms with Crippen LogP contribution in [-0.4, -0.2) is 23.5 Å². The van der Waals surface area contributed by atoms with Crippen LogP contribution in [-0.2, 0) is 0 Å². The summed E-state index contributed by atoms with van der Waals surface area (Å²) >= 11 is 3.34. The summed E-state index contributed by atoms with van der Waals surface area (Å²) in [5, 5.41) is 4.06. The number of benzene rings is 1. The zero-order valence-corrected chi connectivity index (χ0v) is 12.7. The summed E-state index contributed by atoms with van der Waals surface area (Å²) in [4.78, 5) is 12.9. The van der Waals surface area contributed by atoms with E-state index in [1.165, 1.54) is 11.3 Å². The maximum absolute atomic E-state index is 12.1. The van der Waals surface area contributed by atoms with E-state index in [1.54, 1.807) is 0 Å². The Bertz CT molecular complexity index is 580. The fourth-order valence-corrected chi connectivity index (χ4v) is 3.42. The topological polar surface area (TPSA) is 55.1 Å². The van der Waals surface area contributed by atoms with Crippen LogP contribution in [0.5, 0.6) is 0 Å². The van der Waals surface area contributed by atoms with Crippen molar-refractivity contribution < 1.29 is 4.79 Å². The highest BCUT2D eigenvalue weighted by Crippen LogP contribution is 2.27. The van der Waals surface area contributed by atoms with E-state index in [0.29, 0.717) is 0 Å². The van der Waals surface area contributed by atoms with Crippen molar-refractivity contribution in [2.45, 2.75) is 19.9 Å². The Morgan fingerprint density at radius 2 is 2.26 bits per heavy atom. The molecule has 0 aliphatic heterocycles. The first-order valence-electron chi connectivity index (χ1n) is 6.28. The Balaban J connectivity index is 2.08. The Labute approximate surface area is 121 Å². The average molecular weight is 294 g/mol. The molecule has 5 heteroatoms. The van der Waals surface area contributed by atoms with Gasteiger partial charge in [-0.15, -0.1) is 11.3 Å². The van der Waals surface area contributed by atoms with E-state index in [9.17, 15) is 4.79 Å². The van der Waals surface area contributed by atoms with E-state index in [4.69, 9.17) is 5.73 Å². The number of nitrogens with one attached hydrogen (secondary N) is 1. The maximum atomic E-state index is 12.1. The maximum Gasteiger partial charge on any atom is 0.261 e. The van der Waals surface area contributed by atoms with Crippen LogP contribution in [0.2, 0.25) is 0 Å². The lowest BCUT2D eigenvalue weighted by molar-refractivity contribution is 0.0948. The fourth-order valence-electron chi connectivity index (χ4n) is 1.80.